The minimum absolute atomic E-state index is 0.0357. The number of hydrogen-bond donors (Lipinski definition) is 2. The first-order valence-corrected chi connectivity index (χ1v) is 9.73. The van der Waals surface area contributed by atoms with E-state index in [1.54, 1.807) is 39.0 Å². The molecule has 1 aromatic rings. The van der Waals surface area contributed by atoms with Crippen LogP contribution < -0.4 is 10.0 Å². The highest BCUT2D eigenvalue weighted by molar-refractivity contribution is 7.89. The van der Waals surface area contributed by atoms with E-state index in [0.29, 0.717) is 12.1 Å². The normalized spacial score (nSPS) is 26.5. The van der Waals surface area contributed by atoms with Crippen LogP contribution in [-0.4, -0.2) is 32.1 Å². The van der Waals surface area contributed by atoms with Gasteiger partial charge >= 0.3 is 0 Å². The topological polar surface area (TPSA) is 84.5 Å². The van der Waals surface area contributed by atoms with Crippen LogP contribution in [0.15, 0.2) is 29.2 Å². The fraction of sp³-hybridized carbons (Fsp3) is 0.588. The van der Waals surface area contributed by atoms with Crippen molar-refractivity contribution in [1.82, 2.24) is 4.72 Å². The predicted octanol–water partition coefficient (Wildman–Crippen LogP) is 2.27. The van der Waals surface area contributed by atoms with Crippen molar-refractivity contribution in [3.63, 3.8) is 0 Å². The van der Waals surface area contributed by atoms with E-state index in [9.17, 15) is 13.2 Å². The van der Waals surface area contributed by atoms with Crippen LogP contribution in [0, 0.1) is 5.92 Å². The number of para-hydroxylation sites is 1. The van der Waals surface area contributed by atoms with Gasteiger partial charge in [0.25, 0.3) is 0 Å². The third kappa shape index (κ3) is 3.63. The van der Waals surface area contributed by atoms with Crippen LogP contribution in [0.4, 0.5) is 5.69 Å². The Morgan fingerprint density at radius 1 is 1.21 bits per heavy atom. The summed E-state index contributed by atoms with van der Waals surface area (Å²) in [7, 11) is -3.72. The van der Waals surface area contributed by atoms with Gasteiger partial charge in [-0.15, -0.1) is 0 Å². The lowest BCUT2D eigenvalue weighted by atomic mass is 9.88. The number of benzene rings is 1. The van der Waals surface area contributed by atoms with E-state index in [1.165, 1.54) is 6.07 Å². The number of carbonyl (C=O) groups is 1. The number of anilines is 1. The average molecular weight is 352 g/mol. The molecule has 0 unspecified atom stereocenters. The van der Waals surface area contributed by atoms with E-state index >= 15 is 0 Å². The van der Waals surface area contributed by atoms with Crippen LogP contribution in [0.3, 0.4) is 0 Å². The summed E-state index contributed by atoms with van der Waals surface area (Å²) in [6.45, 7) is 5.33. The Labute approximate surface area is 143 Å². The van der Waals surface area contributed by atoms with Crippen LogP contribution in [0.25, 0.3) is 0 Å². The lowest BCUT2D eigenvalue weighted by molar-refractivity contribution is -0.121. The van der Waals surface area contributed by atoms with E-state index in [2.05, 4.69) is 10.0 Å². The first-order valence-electron chi connectivity index (χ1n) is 8.25. The van der Waals surface area contributed by atoms with Gasteiger partial charge in [-0.05, 0) is 52.2 Å². The zero-order valence-corrected chi connectivity index (χ0v) is 15.0. The molecule has 0 aliphatic carbocycles. The van der Waals surface area contributed by atoms with Gasteiger partial charge in [0.1, 0.15) is 4.90 Å². The number of nitrogens with one attached hydrogen (secondary N) is 2. The van der Waals surface area contributed by atoms with Crippen molar-refractivity contribution in [3.8, 4) is 0 Å². The van der Waals surface area contributed by atoms with Gasteiger partial charge in [0.2, 0.25) is 15.9 Å². The number of rotatable bonds is 4. The fourth-order valence-electron chi connectivity index (χ4n) is 3.40. The summed E-state index contributed by atoms with van der Waals surface area (Å²) in [6, 6.07) is 6.47. The van der Waals surface area contributed by atoms with Crippen molar-refractivity contribution in [2.75, 3.05) is 5.32 Å². The SMILES string of the molecule is CC(C)(C)NS(=O)(=O)c1ccccc1NC(=O)[C@H]1C[C@H]2CC[C@H]1O2. The van der Waals surface area contributed by atoms with E-state index in [1.807, 2.05) is 0 Å². The summed E-state index contributed by atoms with van der Waals surface area (Å²) in [4.78, 5) is 12.6. The quantitative estimate of drug-likeness (QED) is 0.870. The van der Waals surface area contributed by atoms with Gasteiger partial charge in [-0.2, -0.15) is 0 Å². The molecule has 7 heteroatoms. The smallest absolute Gasteiger partial charge is 0.243 e. The highest BCUT2D eigenvalue weighted by atomic mass is 32.2. The van der Waals surface area contributed by atoms with Crippen LogP contribution in [0.2, 0.25) is 0 Å². The van der Waals surface area contributed by atoms with Crippen molar-refractivity contribution in [3.05, 3.63) is 24.3 Å². The van der Waals surface area contributed by atoms with Crippen LogP contribution in [-0.2, 0) is 19.6 Å². The maximum atomic E-state index is 12.6. The van der Waals surface area contributed by atoms with E-state index in [0.717, 1.165) is 12.8 Å². The Morgan fingerprint density at radius 3 is 2.50 bits per heavy atom. The van der Waals surface area contributed by atoms with E-state index in [-0.39, 0.29) is 28.9 Å². The summed E-state index contributed by atoms with van der Waals surface area (Å²) in [6.07, 6.45) is 2.76. The summed E-state index contributed by atoms with van der Waals surface area (Å²) >= 11 is 0. The molecule has 0 saturated carbocycles. The van der Waals surface area contributed by atoms with Gasteiger partial charge in [-0.3, -0.25) is 4.79 Å². The summed E-state index contributed by atoms with van der Waals surface area (Å²) in [5, 5.41) is 2.79. The standard InChI is InChI=1S/C17H24N2O4S/c1-17(2,3)19-24(21,22)15-7-5-4-6-13(15)18-16(20)12-10-11-8-9-14(12)23-11/h4-7,11-12,14,19H,8-10H2,1-3H3,(H,18,20)/t11-,12+,14-/m1/s1. The molecule has 1 aromatic carbocycles. The minimum atomic E-state index is -3.72. The number of fused-ring (bicyclic) bond motifs is 2. The Balaban J connectivity index is 1.81. The second-order valence-electron chi connectivity index (χ2n) is 7.56. The number of hydrogen-bond acceptors (Lipinski definition) is 4. The molecular weight excluding hydrogens is 328 g/mol. The van der Waals surface area contributed by atoms with Gasteiger partial charge in [-0.1, -0.05) is 12.1 Å². The van der Waals surface area contributed by atoms with Gasteiger partial charge in [-0.25, -0.2) is 13.1 Å². The van der Waals surface area contributed by atoms with Gasteiger partial charge in [0, 0.05) is 5.54 Å². The predicted molar refractivity (Wildman–Crippen MR) is 91.1 cm³/mol. The number of ether oxygens (including phenoxy) is 1. The Morgan fingerprint density at radius 2 is 1.92 bits per heavy atom. The van der Waals surface area contributed by atoms with Crippen molar-refractivity contribution in [1.29, 1.82) is 0 Å². The number of amides is 1. The fourth-order valence-corrected chi connectivity index (χ4v) is 4.98. The van der Waals surface area contributed by atoms with Crippen LogP contribution in [0.1, 0.15) is 40.0 Å². The minimum Gasteiger partial charge on any atom is -0.374 e. The molecule has 2 saturated heterocycles. The van der Waals surface area contributed by atoms with Crippen molar-refractivity contribution >= 4 is 21.6 Å². The molecule has 24 heavy (non-hydrogen) atoms. The van der Waals surface area contributed by atoms with Crippen molar-refractivity contribution in [2.24, 2.45) is 5.92 Å². The summed E-state index contributed by atoms with van der Waals surface area (Å²) in [5.74, 6) is -0.365. The molecule has 0 spiro atoms. The maximum absolute atomic E-state index is 12.6. The molecule has 2 fully saturated rings. The molecule has 2 aliphatic rings. The third-order valence-corrected chi connectivity index (χ3v) is 6.13. The van der Waals surface area contributed by atoms with Gasteiger partial charge in [0.05, 0.1) is 23.8 Å². The molecule has 132 valence electrons. The second kappa shape index (κ2) is 6.13. The van der Waals surface area contributed by atoms with E-state index in [4.69, 9.17) is 4.74 Å². The molecule has 0 radical (unpaired) electrons. The maximum Gasteiger partial charge on any atom is 0.243 e. The highest BCUT2D eigenvalue weighted by Gasteiger charge is 2.44. The lowest BCUT2D eigenvalue weighted by Crippen LogP contribution is -2.41. The molecule has 0 aromatic heterocycles. The second-order valence-corrected chi connectivity index (χ2v) is 9.21. The molecule has 2 heterocycles. The van der Waals surface area contributed by atoms with Gasteiger partial charge in [0.15, 0.2) is 0 Å². The summed E-state index contributed by atoms with van der Waals surface area (Å²) in [5.41, 5.74) is -0.295. The number of sulfonamides is 1. The van der Waals surface area contributed by atoms with Crippen molar-refractivity contribution < 1.29 is 17.9 Å². The molecule has 2 N–H and O–H groups in total. The first-order chi connectivity index (χ1) is 11.2. The van der Waals surface area contributed by atoms with Crippen LogP contribution in [0.5, 0.6) is 0 Å². The first kappa shape index (κ1) is 17.4. The molecule has 6 nitrogen and oxygen atoms in total. The monoisotopic (exact) mass is 352 g/mol. The number of carbonyl (C=O) groups excluding carboxylic acids is 1. The Kier molecular flexibility index (Phi) is 4.44. The van der Waals surface area contributed by atoms with E-state index < -0.39 is 15.6 Å². The molecule has 2 aliphatic heterocycles. The highest BCUT2D eigenvalue weighted by Crippen LogP contribution is 2.39. The zero-order valence-electron chi connectivity index (χ0n) is 14.2. The average Bonchev–Trinajstić information content (AvgIpc) is 3.07. The van der Waals surface area contributed by atoms with Gasteiger partial charge < -0.3 is 10.1 Å². The van der Waals surface area contributed by atoms with Crippen molar-refractivity contribution in [2.45, 2.75) is 62.7 Å². The lowest BCUT2D eigenvalue weighted by Gasteiger charge is -2.22. The Bertz CT molecular complexity index is 739. The molecule has 3 atom stereocenters. The molecule has 1 amide bonds. The largest absolute Gasteiger partial charge is 0.374 e. The third-order valence-electron chi connectivity index (χ3n) is 4.32. The zero-order chi connectivity index (χ0) is 17.5. The Hall–Kier alpha value is -1.44. The van der Waals surface area contributed by atoms with Crippen LogP contribution >= 0.6 is 0 Å². The molecule has 3 rings (SSSR count). The molecule has 2 bridgehead atoms. The molecular formula is C17H24N2O4S. The summed E-state index contributed by atoms with van der Waals surface area (Å²) < 4.78 is 33.6.